The summed E-state index contributed by atoms with van der Waals surface area (Å²) in [5.41, 5.74) is 0. The summed E-state index contributed by atoms with van der Waals surface area (Å²) in [5.74, 6) is 0.707. The molecule has 2 rings (SSSR count). The zero-order valence-electron chi connectivity index (χ0n) is 9.40. The SMILES string of the molecule is CC(C)CC1CNCC(c2cccs2)O1. The summed E-state index contributed by atoms with van der Waals surface area (Å²) in [5, 5.41) is 5.58. The zero-order chi connectivity index (χ0) is 10.7. The van der Waals surface area contributed by atoms with Crippen molar-refractivity contribution >= 4 is 11.3 Å². The molecule has 0 bridgehead atoms. The summed E-state index contributed by atoms with van der Waals surface area (Å²) in [6.45, 7) is 6.45. The van der Waals surface area contributed by atoms with E-state index in [1.165, 1.54) is 4.88 Å². The van der Waals surface area contributed by atoms with Crippen molar-refractivity contribution in [1.29, 1.82) is 0 Å². The van der Waals surface area contributed by atoms with Crippen LogP contribution in [0.25, 0.3) is 0 Å². The molecule has 0 amide bonds. The zero-order valence-corrected chi connectivity index (χ0v) is 10.2. The number of morpholine rings is 1. The highest BCUT2D eigenvalue weighted by atomic mass is 32.1. The van der Waals surface area contributed by atoms with Gasteiger partial charge in [0.25, 0.3) is 0 Å². The van der Waals surface area contributed by atoms with E-state index in [1.807, 2.05) is 0 Å². The normalized spacial score (nSPS) is 27.1. The Balaban J connectivity index is 1.92. The van der Waals surface area contributed by atoms with Gasteiger partial charge in [-0.05, 0) is 23.8 Å². The van der Waals surface area contributed by atoms with Gasteiger partial charge in [-0.3, -0.25) is 0 Å². The molecule has 0 spiro atoms. The van der Waals surface area contributed by atoms with Gasteiger partial charge in [-0.2, -0.15) is 0 Å². The van der Waals surface area contributed by atoms with Crippen LogP contribution in [0.4, 0.5) is 0 Å². The predicted molar refractivity (Wildman–Crippen MR) is 64.3 cm³/mol. The monoisotopic (exact) mass is 225 g/mol. The third-order valence-electron chi connectivity index (χ3n) is 2.65. The van der Waals surface area contributed by atoms with Gasteiger partial charge in [-0.25, -0.2) is 0 Å². The van der Waals surface area contributed by atoms with E-state index in [0.29, 0.717) is 12.0 Å². The van der Waals surface area contributed by atoms with Crippen molar-refractivity contribution in [3.05, 3.63) is 22.4 Å². The smallest absolute Gasteiger partial charge is 0.104 e. The summed E-state index contributed by atoms with van der Waals surface area (Å²) in [7, 11) is 0. The van der Waals surface area contributed by atoms with Gasteiger partial charge in [0.15, 0.2) is 0 Å². The van der Waals surface area contributed by atoms with E-state index in [2.05, 4.69) is 36.7 Å². The van der Waals surface area contributed by atoms with Crippen LogP contribution in [0, 0.1) is 5.92 Å². The molecule has 2 nitrogen and oxygen atoms in total. The van der Waals surface area contributed by atoms with E-state index in [-0.39, 0.29) is 6.10 Å². The molecule has 1 fully saturated rings. The summed E-state index contributed by atoms with van der Waals surface area (Å²) < 4.78 is 6.09. The van der Waals surface area contributed by atoms with Crippen LogP contribution >= 0.6 is 11.3 Å². The van der Waals surface area contributed by atoms with Gasteiger partial charge in [0, 0.05) is 18.0 Å². The van der Waals surface area contributed by atoms with Gasteiger partial charge in [-0.1, -0.05) is 19.9 Å². The minimum absolute atomic E-state index is 0.266. The minimum Gasteiger partial charge on any atom is -0.367 e. The fourth-order valence-electron chi connectivity index (χ4n) is 2.01. The quantitative estimate of drug-likeness (QED) is 0.854. The van der Waals surface area contributed by atoms with Gasteiger partial charge in [-0.15, -0.1) is 11.3 Å². The lowest BCUT2D eigenvalue weighted by Gasteiger charge is -2.31. The largest absolute Gasteiger partial charge is 0.367 e. The van der Waals surface area contributed by atoms with Gasteiger partial charge < -0.3 is 10.1 Å². The molecule has 0 saturated carbocycles. The van der Waals surface area contributed by atoms with Gasteiger partial charge in [0.2, 0.25) is 0 Å². The molecule has 1 N–H and O–H groups in total. The van der Waals surface area contributed by atoms with Crippen LogP contribution in [0.15, 0.2) is 17.5 Å². The number of nitrogens with one attached hydrogen (secondary N) is 1. The summed E-state index contributed by atoms with van der Waals surface area (Å²) in [4.78, 5) is 1.34. The third kappa shape index (κ3) is 3.03. The molecule has 84 valence electrons. The molecular formula is C12H19NOS. The Labute approximate surface area is 95.6 Å². The summed E-state index contributed by atoms with van der Waals surface area (Å²) >= 11 is 1.79. The lowest BCUT2D eigenvalue weighted by Crippen LogP contribution is -2.40. The molecule has 2 atom stereocenters. The minimum atomic E-state index is 0.266. The van der Waals surface area contributed by atoms with E-state index in [0.717, 1.165) is 19.5 Å². The standard InChI is InChI=1S/C12H19NOS/c1-9(2)6-10-7-13-8-11(14-10)12-4-3-5-15-12/h3-5,9-11,13H,6-8H2,1-2H3. The van der Waals surface area contributed by atoms with Crippen LogP contribution in [-0.2, 0) is 4.74 Å². The fraction of sp³-hybridized carbons (Fsp3) is 0.667. The van der Waals surface area contributed by atoms with Gasteiger partial charge in [0.05, 0.1) is 6.10 Å². The molecule has 0 radical (unpaired) electrons. The predicted octanol–water partition coefficient (Wildman–Crippen LogP) is 2.82. The molecule has 1 aromatic heterocycles. The molecule has 0 aromatic carbocycles. The number of ether oxygens (including phenoxy) is 1. The van der Waals surface area contributed by atoms with Crippen molar-refractivity contribution in [2.45, 2.75) is 32.5 Å². The Morgan fingerprint density at radius 2 is 2.40 bits per heavy atom. The molecular weight excluding hydrogens is 206 g/mol. The fourth-order valence-corrected chi connectivity index (χ4v) is 2.77. The van der Waals surface area contributed by atoms with Crippen molar-refractivity contribution in [2.24, 2.45) is 5.92 Å². The Morgan fingerprint density at radius 3 is 3.07 bits per heavy atom. The first-order chi connectivity index (χ1) is 7.25. The average molecular weight is 225 g/mol. The Bertz CT molecular complexity index is 284. The van der Waals surface area contributed by atoms with Crippen LogP contribution in [-0.4, -0.2) is 19.2 Å². The van der Waals surface area contributed by atoms with Crippen LogP contribution < -0.4 is 5.32 Å². The topological polar surface area (TPSA) is 21.3 Å². The highest BCUT2D eigenvalue weighted by Crippen LogP contribution is 2.27. The van der Waals surface area contributed by atoms with E-state index >= 15 is 0 Å². The molecule has 15 heavy (non-hydrogen) atoms. The summed E-state index contributed by atoms with van der Waals surface area (Å²) in [6, 6.07) is 4.25. The molecule has 1 aromatic rings. The molecule has 1 aliphatic heterocycles. The lowest BCUT2D eigenvalue weighted by atomic mass is 10.0. The molecule has 1 aliphatic rings. The maximum absolute atomic E-state index is 6.09. The van der Waals surface area contributed by atoms with Crippen molar-refractivity contribution in [2.75, 3.05) is 13.1 Å². The number of hydrogen-bond acceptors (Lipinski definition) is 3. The van der Waals surface area contributed by atoms with Crippen molar-refractivity contribution in [1.82, 2.24) is 5.32 Å². The van der Waals surface area contributed by atoms with Gasteiger partial charge in [0.1, 0.15) is 6.10 Å². The molecule has 2 unspecified atom stereocenters. The first-order valence-electron chi connectivity index (χ1n) is 5.65. The maximum atomic E-state index is 6.09. The second-order valence-electron chi connectivity index (χ2n) is 4.55. The first kappa shape index (κ1) is 11.1. The van der Waals surface area contributed by atoms with E-state index in [9.17, 15) is 0 Å². The van der Waals surface area contributed by atoms with Crippen molar-refractivity contribution in [3.8, 4) is 0 Å². The highest BCUT2D eigenvalue weighted by Gasteiger charge is 2.24. The van der Waals surface area contributed by atoms with E-state index in [4.69, 9.17) is 4.74 Å². The van der Waals surface area contributed by atoms with Crippen LogP contribution in [0.3, 0.4) is 0 Å². The van der Waals surface area contributed by atoms with Crippen molar-refractivity contribution in [3.63, 3.8) is 0 Å². The first-order valence-corrected chi connectivity index (χ1v) is 6.53. The highest BCUT2D eigenvalue weighted by molar-refractivity contribution is 7.10. The Morgan fingerprint density at radius 1 is 1.53 bits per heavy atom. The maximum Gasteiger partial charge on any atom is 0.104 e. The Kier molecular flexibility index (Phi) is 3.78. The lowest BCUT2D eigenvalue weighted by molar-refractivity contribution is -0.0457. The average Bonchev–Trinajstić information content (AvgIpc) is 2.69. The number of thiophene rings is 1. The second kappa shape index (κ2) is 5.10. The number of rotatable bonds is 3. The Hall–Kier alpha value is -0.380. The van der Waals surface area contributed by atoms with Crippen LogP contribution in [0.5, 0.6) is 0 Å². The van der Waals surface area contributed by atoms with Crippen LogP contribution in [0.2, 0.25) is 0 Å². The van der Waals surface area contributed by atoms with Crippen molar-refractivity contribution < 1.29 is 4.74 Å². The summed E-state index contributed by atoms with van der Waals surface area (Å²) in [6.07, 6.45) is 1.79. The molecule has 3 heteroatoms. The number of hydrogen-bond donors (Lipinski definition) is 1. The van der Waals surface area contributed by atoms with Crippen LogP contribution in [0.1, 0.15) is 31.2 Å². The van der Waals surface area contributed by atoms with Gasteiger partial charge >= 0.3 is 0 Å². The molecule has 1 saturated heterocycles. The second-order valence-corrected chi connectivity index (χ2v) is 5.53. The van der Waals surface area contributed by atoms with E-state index < -0.39 is 0 Å². The molecule has 0 aliphatic carbocycles. The molecule has 2 heterocycles. The third-order valence-corrected chi connectivity index (χ3v) is 3.62. The van der Waals surface area contributed by atoms with E-state index in [1.54, 1.807) is 11.3 Å².